The molecule has 4 rings (SSSR count). The fourth-order valence-electron chi connectivity index (χ4n) is 4.79. The Balaban J connectivity index is 0.000000676. The highest BCUT2D eigenvalue weighted by atomic mass is 35.5. The third kappa shape index (κ3) is 7.96. The highest BCUT2D eigenvalue weighted by Gasteiger charge is 2.43. The lowest BCUT2D eigenvalue weighted by Gasteiger charge is -2.41. The average Bonchev–Trinajstić information content (AvgIpc) is 2.88. The molecule has 2 aliphatic rings. The number of amides is 2. The van der Waals surface area contributed by atoms with Gasteiger partial charge in [-0.3, -0.25) is 14.5 Å². The molecular weight excluding hydrogens is 629 g/mol. The van der Waals surface area contributed by atoms with E-state index in [9.17, 15) is 40.3 Å². The molecule has 2 aliphatic heterocycles. The van der Waals surface area contributed by atoms with Gasteiger partial charge in [0.1, 0.15) is 5.82 Å². The van der Waals surface area contributed by atoms with Gasteiger partial charge in [-0.15, -0.1) is 0 Å². The molecule has 0 unspecified atom stereocenters. The number of halogens is 8. The Bertz CT molecular complexity index is 1470. The number of rotatable bonds is 4. The fraction of sp³-hybridized carbons (Fsp3) is 0.407. The van der Waals surface area contributed by atoms with Gasteiger partial charge in [0.05, 0.1) is 39.9 Å². The van der Waals surface area contributed by atoms with E-state index in [0.29, 0.717) is 25.0 Å². The van der Waals surface area contributed by atoms with Crippen LogP contribution < -0.4 is 11.1 Å². The second-order valence-electron chi connectivity index (χ2n) is 10.2. The van der Waals surface area contributed by atoms with Gasteiger partial charge in [-0.1, -0.05) is 23.7 Å². The first-order valence-corrected chi connectivity index (χ1v) is 13.2. The number of hydrogen-bond acceptors (Lipinski definition) is 6. The van der Waals surface area contributed by atoms with Crippen LogP contribution in [0.15, 0.2) is 41.4 Å². The summed E-state index contributed by atoms with van der Waals surface area (Å²) in [5.41, 5.74) is 3.24. The number of aliphatic carboxylic acids is 1. The Morgan fingerprint density at radius 1 is 1.18 bits per heavy atom. The van der Waals surface area contributed by atoms with Crippen molar-refractivity contribution in [3.8, 4) is 0 Å². The molecule has 0 saturated carbocycles. The molecule has 0 aliphatic carbocycles. The van der Waals surface area contributed by atoms with Gasteiger partial charge < -0.3 is 20.9 Å². The molecule has 0 aromatic heterocycles. The highest BCUT2D eigenvalue weighted by Crippen LogP contribution is 2.41. The maximum atomic E-state index is 13.4. The maximum absolute atomic E-state index is 13.4. The first-order chi connectivity index (χ1) is 20.2. The van der Waals surface area contributed by atoms with Crippen molar-refractivity contribution in [1.82, 2.24) is 4.90 Å². The van der Waals surface area contributed by atoms with Crippen LogP contribution in [0.25, 0.3) is 0 Å². The molecular formula is C27H26ClF7N4O5. The Morgan fingerprint density at radius 2 is 1.82 bits per heavy atom. The summed E-state index contributed by atoms with van der Waals surface area (Å²) >= 11 is 6.57. The molecule has 3 atom stereocenters. The van der Waals surface area contributed by atoms with E-state index >= 15 is 0 Å². The number of carboxylic acid groups (broad SMARTS) is 1. The zero-order valence-electron chi connectivity index (χ0n) is 23.0. The van der Waals surface area contributed by atoms with Crippen molar-refractivity contribution in [3.63, 3.8) is 0 Å². The van der Waals surface area contributed by atoms with Crippen LogP contribution in [0.2, 0.25) is 5.02 Å². The summed E-state index contributed by atoms with van der Waals surface area (Å²) in [6.45, 7) is 4.08. The van der Waals surface area contributed by atoms with Crippen LogP contribution >= 0.6 is 11.6 Å². The number of alkyl halides is 6. The number of carbonyl (C=O) groups excluding carboxylic acids is 2. The van der Waals surface area contributed by atoms with Crippen LogP contribution in [0.4, 0.5) is 36.4 Å². The molecule has 2 aromatic rings. The molecule has 0 bridgehead atoms. The fourth-order valence-corrected chi connectivity index (χ4v) is 5.17. The van der Waals surface area contributed by atoms with E-state index in [1.807, 2.05) is 6.92 Å². The van der Waals surface area contributed by atoms with Gasteiger partial charge in [-0.2, -0.15) is 26.3 Å². The predicted octanol–water partition coefficient (Wildman–Crippen LogP) is 5.71. The van der Waals surface area contributed by atoms with E-state index in [2.05, 4.69) is 10.3 Å². The van der Waals surface area contributed by atoms with E-state index in [0.717, 1.165) is 12.1 Å². The molecule has 1 saturated heterocycles. The van der Waals surface area contributed by atoms with Gasteiger partial charge in [-0.25, -0.2) is 14.2 Å². The van der Waals surface area contributed by atoms with Gasteiger partial charge in [0.25, 0.3) is 5.91 Å². The van der Waals surface area contributed by atoms with Crippen LogP contribution in [0, 0.1) is 5.82 Å². The normalized spacial score (nSPS) is 22.5. The number of aliphatic imine (C=N–C) groups is 1. The van der Waals surface area contributed by atoms with Crippen LogP contribution in [-0.2, 0) is 26.0 Å². The molecule has 1 fully saturated rings. The smallest absolute Gasteiger partial charge is 0.475 e. The van der Waals surface area contributed by atoms with Crippen LogP contribution in [-0.4, -0.2) is 58.7 Å². The quantitative estimate of drug-likeness (QED) is 0.362. The molecule has 240 valence electrons. The van der Waals surface area contributed by atoms with Gasteiger partial charge >= 0.3 is 18.3 Å². The largest absolute Gasteiger partial charge is 0.490 e. The van der Waals surface area contributed by atoms with Crippen LogP contribution in [0.1, 0.15) is 54.6 Å². The van der Waals surface area contributed by atoms with Crippen molar-refractivity contribution in [2.24, 2.45) is 10.7 Å². The number of anilines is 1. The standard InChI is InChI=1S/C25H25ClF4N4O3.C2HF3O2/c1-13-10-15(8-9-37-13)34-20(35)12-24(2,33-23(34)31)17-4-3-5-19(21(17)26)32-22(36)16-7-6-14(27)11-18(16)25(28,29)30;3-2(4,5)1(6)7/h3-7,11,13,15H,8-10,12H2,1-2H3,(H2,31,33)(H,32,36);(H,6,7)/t13-,15-,24+;/m1./s1. The number of benzene rings is 2. The molecule has 44 heavy (non-hydrogen) atoms. The second-order valence-corrected chi connectivity index (χ2v) is 10.5. The number of nitrogens with one attached hydrogen (secondary N) is 1. The zero-order valence-corrected chi connectivity index (χ0v) is 23.8. The molecule has 2 amide bonds. The molecule has 0 radical (unpaired) electrons. The topological polar surface area (TPSA) is 134 Å². The summed E-state index contributed by atoms with van der Waals surface area (Å²) in [4.78, 5) is 40.9. The van der Waals surface area contributed by atoms with Crippen molar-refractivity contribution >= 4 is 41.0 Å². The molecule has 0 spiro atoms. The monoisotopic (exact) mass is 654 g/mol. The van der Waals surface area contributed by atoms with Crippen molar-refractivity contribution in [3.05, 3.63) is 63.9 Å². The highest BCUT2D eigenvalue weighted by molar-refractivity contribution is 6.35. The SMILES string of the molecule is C[C@@H]1C[C@H](N2C(=O)C[C@@](C)(c3cccc(NC(=O)c4ccc(F)cc4C(F)(F)F)c3Cl)N=C2N)CCO1.O=C(O)C(F)(F)F. The Morgan fingerprint density at radius 3 is 2.36 bits per heavy atom. The molecule has 2 aromatic carbocycles. The van der Waals surface area contributed by atoms with Crippen molar-refractivity contribution < 1.29 is 55.0 Å². The average molecular weight is 655 g/mol. The summed E-state index contributed by atoms with van der Waals surface area (Å²) in [5, 5.41) is 9.48. The van der Waals surface area contributed by atoms with E-state index in [1.165, 1.54) is 17.0 Å². The first kappa shape index (κ1) is 34.6. The predicted molar refractivity (Wildman–Crippen MR) is 143 cm³/mol. The minimum absolute atomic E-state index is 0.00439. The zero-order chi connectivity index (χ0) is 33.2. The van der Waals surface area contributed by atoms with E-state index in [1.54, 1.807) is 13.0 Å². The van der Waals surface area contributed by atoms with E-state index < -0.39 is 46.7 Å². The molecule has 9 nitrogen and oxygen atoms in total. The van der Waals surface area contributed by atoms with Crippen molar-refractivity contribution in [1.29, 1.82) is 0 Å². The van der Waals surface area contributed by atoms with E-state index in [-0.39, 0.29) is 47.2 Å². The number of guanidine groups is 1. The summed E-state index contributed by atoms with van der Waals surface area (Å²) < 4.78 is 90.9. The molecule has 4 N–H and O–H groups in total. The van der Waals surface area contributed by atoms with Gasteiger partial charge in [0.2, 0.25) is 5.91 Å². The lowest BCUT2D eigenvalue weighted by Crippen LogP contribution is -2.56. The number of carbonyl (C=O) groups is 3. The number of nitrogens with zero attached hydrogens (tertiary/aromatic N) is 2. The summed E-state index contributed by atoms with van der Waals surface area (Å²) in [7, 11) is 0. The minimum Gasteiger partial charge on any atom is -0.475 e. The van der Waals surface area contributed by atoms with E-state index in [4.69, 9.17) is 32.0 Å². The lowest BCUT2D eigenvalue weighted by molar-refractivity contribution is -0.192. The molecule has 17 heteroatoms. The second kappa shape index (κ2) is 13.0. The van der Waals surface area contributed by atoms with Crippen molar-refractivity contribution in [2.75, 3.05) is 11.9 Å². The minimum atomic E-state index is -5.08. The number of ether oxygens (including phenoxy) is 1. The third-order valence-electron chi connectivity index (χ3n) is 6.80. The summed E-state index contributed by atoms with van der Waals surface area (Å²) in [6, 6.07) is 6.15. The summed E-state index contributed by atoms with van der Waals surface area (Å²) in [6.07, 6.45) is -8.89. The molecule has 2 heterocycles. The maximum Gasteiger partial charge on any atom is 0.490 e. The van der Waals surface area contributed by atoms with Crippen molar-refractivity contribution in [2.45, 2.75) is 63.1 Å². The van der Waals surface area contributed by atoms with Gasteiger partial charge in [0.15, 0.2) is 5.96 Å². The number of nitrogens with two attached hydrogens (primary N) is 1. The Hall–Kier alpha value is -3.92. The number of carboxylic acids is 1. The van der Waals surface area contributed by atoms with Gasteiger partial charge in [0, 0.05) is 18.2 Å². The Labute approximate surface area is 250 Å². The van der Waals surface area contributed by atoms with Crippen LogP contribution in [0.3, 0.4) is 0 Å². The third-order valence-corrected chi connectivity index (χ3v) is 7.20. The lowest BCUT2D eigenvalue weighted by atomic mass is 9.86. The first-order valence-electron chi connectivity index (χ1n) is 12.8. The number of hydrogen-bond donors (Lipinski definition) is 3. The summed E-state index contributed by atoms with van der Waals surface area (Å²) in [5.74, 6) is -5.23. The van der Waals surface area contributed by atoms with Gasteiger partial charge in [-0.05, 0) is 51.0 Å². The van der Waals surface area contributed by atoms with Crippen LogP contribution in [0.5, 0.6) is 0 Å². The Kier molecular flexibility index (Phi) is 10.2.